The fraction of sp³-hybridized carbons (Fsp3) is 0.556. The molecule has 1 aliphatic heterocycles. The summed E-state index contributed by atoms with van der Waals surface area (Å²) in [6.45, 7) is 0.396. The predicted molar refractivity (Wildman–Crippen MR) is 96.3 cm³/mol. The standard InChI is InChI=1S/C18H25F3N4O2/c1-23-17(25-8-4-5-13(11-25)9-16(22)26)24-10-14-6-2-3-7-15(14)27-12-18(19,20)21/h2-3,6-7,13H,4-5,8-12H2,1H3,(H2,22,26)(H,23,24). The number of hydrogen-bond donors (Lipinski definition) is 2. The van der Waals surface area contributed by atoms with E-state index in [-0.39, 0.29) is 24.1 Å². The summed E-state index contributed by atoms with van der Waals surface area (Å²) >= 11 is 0. The van der Waals surface area contributed by atoms with Crippen molar-refractivity contribution in [2.24, 2.45) is 16.6 Å². The second-order valence-electron chi connectivity index (χ2n) is 6.54. The van der Waals surface area contributed by atoms with Crippen molar-refractivity contribution in [3.63, 3.8) is 0 Å². The van der Waals surface area contributed by atoms with E-state index in [1.54, 1.807) is 25.2 Å². The molecule has 27 heavy (non-hydrogen) atoms. The number of nitrogens with zero attached hydrogens (tertiary/aromatic N) is 2. The zero-order chi connectivity index (χ0) is 19.9. The molecule has 1 fully saturated rings. The minimum Gasteiger partial charge on any atom is -0.484 e. The topological polar surface area (TPSA) is 80.0 Å². The van der Waals surface area contributed by atoms with Gasteiger partial charge in [-0.05, 0) is 24.8 Å². The van der Waals surface area contributed by atoms with Crippen LogP contribution in [0.25, 0.3) is 0 Å². The quantitative estimate of drug-likeness (QED) is 0.581. The van der Waals surface area contributed by atoms with Gasteiger partial charge in [-0.15, -0.1) is 0 Å². The lowest BCUT2D eigenvalue weighted by atomic mass is 9.95. The number of nitrogens with two attached hydrogens (primary N) is 1. The smallest absolute Gasteiger partial charge is 0.422 e. The second kappa shape index (κ2) is 9.48. The molecule has 0 saturated carbocycles. The van der Waals surface area contributed by atoms with Gasteiger partial charge in [0.15, 0.2) is 12.6 Å². The fourth-order valence-corrected chi connectivity index (χ4v) is 3.17. The van der Waals surface area contributed by atoms with E-state index in [1.807, 2.05) is 4.90 Å². The number of primary amides is 1. The molecular formula is C18H25F3N4O2. The lowest BCUT2D eigenvalue weighted by molar-refractivity contribution is -0.153. The van der Waals surface area contributed by atoms with Crippen molar-refractivity contribution in [1.29, 1.82) is 0 Å². The summed E-state index contributed by atoms with van der Waals surface area (Å²) in [5.74, 6) is 0.676. The van der Waals surface area contributed by atoms with Crippen molar-refractivity contribution in [1.82, 2.24) is 10.2 Å². The number of rotatable bonds is 6. The molecule has 1 unspecified atom stereocenters. The molecule has 1 aliphatic rings. The first kappa shape index (κ1) is 20.9. The number of piperidine rings is 1. The lowest BCUT2D eigenvalue weighted by Gasteiger charge is -2.34. The summed E-state index contributed by atoms with van der Waals surface area (Å²) in [5, 5.41) is 3.17. The van der Waals surface area contributed by atoms with Gasteiger partial charge in [0.05, 0.1) is 0 Å². The summed E-state index contributed by atoms with van der Waals surface area (Å²) in [4.78, 5) is 17.4. The van der Waals surface area contributed by atoms with Gasteiger partial charge >= 0.3 is 6.18 Å². The third-order valence-corrected chi connectivity index (χ3v) is 4.32. The number of alkyl halides is 3. The van der Waals surface area contributed by atoms with Crippen LogP contribution in [-0.4, -0.2) is 49.7 Å². The maximum absolute atomic E-state index is 12.4. The van der Waals surface area contributed by atoms with Crippen molar-refractivity contribution in [2.75, 3.05) is 26.7 Å². The number of aliphatic imine (C=N–C) groups is 1. The molecule has 150 valence electrons. The van der Waals surface area contributed by atoms with Crippen molar-refractivity contribution in [3.8, 4) is 5.75 Å². The Kier molecular flexibility index (Phi) is 7.32. The first-order valence-electron chi connectivity index (χ1n) is 8.80. The van der Waals surface area contributed by atoms with E-state index in [9.17, 15) is 18.0 Å². The van der Waals surface area contributed by atoms with Gasteiger partial charge in [-0.2, -0.15) is 13.2 Å². The highest BCUT2D eigenvalue weighted by molar-refractivity contribution is 5.80. The van der Waals surface area contributed by atoms with Crippen molar-refractivity contribution in [3.05, 3.63) is 29.8 Å². The molecule has 1 aromatic rings. The number of halogens is 3. The average molecular weight is 386 g/mol. The predicted octanol–water partition coefficient (Wildman–Crippen LogP) is 2.29. The van der Waals surface area contributed by atoms with Crippen LogP contribution in [0.5, 0.6) is 5.75 Å². The van der Waals surface area contributed by atoms with Crippen LogP contribution >= 0.6 is 0 Å². The number of benzene rings is 1. The number of guanidine groups is 1. The van der Waals surface area contributed by atoms with E-state index in [2.05, 4.69) is 10.3 Å². The van der Waals surface area contributed by atoms with Gasteiger partial charge < -0.3 is 20.7 Å². The molecule has 1 heterocycles. The number of hydrogen-bond acceptors (Lipinski definition) is 3. The van der Waals surface area contributed by atoms with Crippen LogP contribution in [0.15, 0.2) is 29.3 Å². The van der Waals surface area contributed by atoms with Crippen LogP contribution < -0.4 is 15.8 Å². The molecule has 0 radical (unpaired) electrons. The van der Waals surface area contributed by atoms with Gasteiger partial charge in [-0.25, -0.2) is 0 Å². The van der Waals surface area contributed by atoms with Crippen LogP contribution in [-0.2, 0) is 11.3 Å². The number of ether oxygens (including phenoxy) is 1. The molecule has 0 spiro atoms. The average Bonchev–Trinajstić information content (AvgIpc) is 2.60. The van der Waals surface area contributed by atoms with Crippen LogP contribution in [0.3, 0.4) is 0 Å². The third kappa shape index (κ3) is 6.99. The Morgan fingerprint density at radius 2 is 2.15 bits per heavy atom. The monoisotopic (exact) mass is 386 g/mol. The van der Waals surface area contributed by atoms with E-state index in [4.69, 9.17) is 10.5 Å². The molecule has 3 N–H and O–H groups in total. The number of carbonyl (C=O) groups excluding carboxylic acids is 1. The van der Waals surface area contributed by atoms with Crippen LogP contribution in [0, 0.1) is 5.92 Å². The Labute approximate surface area is 156 Å². The molecule has 0 bridgehead atoms. The number of para-hydroxylation sites is 1. The summed E-state index contributed by atoms with van der Waals surface area (Å²) in [5.41, 5.74) is 5.90. The highest BCUT2D eigenvalue weighted by Crippen LogP contribution is 2.23. The third-order valence-electron chi connectivity index (χ3n) is 4.32. The molecule has 1 atom stereocenters. The number of amides is 1. The minimum absolute atomic E-state index is 0.178. The largest absolute Gasteiger partial charge is 0.484 e. The molecule has 6 nitrogen and oxygen atoms in total. The van der Waals surface area contributed by atoms with Gasteiger partial charge in [-0.1, -0.05) is 18.2 Å². The van der Waals surface area contributed by atoms with Crippen molar-refractivity contribution in [2.45, 2.75) is 32.0 Å². The first-order valence-corrected chi connectivity index (χ1v) is 8.80. The molecule has 9 heteroatoms. The van der Waals surface area contributed by atoms with Crippen molar-refractivity contribution < 1.29 is 22.7 Å². The normalized spacial score (nSPS) is 18.3. The first-order chi connectivity index (χ1) is 12.8. The Bertz CT molecular complexity index is 664. The van der Waals surface area contributed by atoms with Crippen molar-refractivity contribution >= 4 is 11.9 Å². The maximum atomic E-state index is 12.4. The zero-order valence-electron chi connectivity index (χ0n) is 15.3. The lowest BCUT2D eigenvalue weighted by Crippen LogP contribution is -2.46. The molecule has 0 aromatic heterocycles. The molecule has 1 aromatic carbocycles. The van der Waals surface area contributed by atoms with Crippen LogP contribution in [0.4, 0.5) is 13.2 Å². The SMILES string of the molecule is CN=C(NCc1ccccc1OCC(F)(F)F)N1CCCC(CC(N)=O)C1. The van der Waals surface area contributed by atoms with Crippen LogP contribution in [0.1, 0.15) is 24.8 Å². The Balaban J connectivity index is 1.97. The molecule has 1 saturated heterocycles. The second-order valence-corrected chi connectivity index (χ2v) is 6.54. The van der Waals surface area contributed by atoms with Gasteiger partial charge in [0.25, 0.3) is 0 Å². The van der Waals surface area contributed by atoms with Gasteiger partial charge in [-0.3, -0.25) is 9.79 Å². The Morgan fingerprint density at radius 3 is 2.81 bits per heavy atom. The molecule has 1 amide bonds. The van der Waals surface area contributed by atoms with E-state index >= 15 is 0 Å². The molecule has 2 rings (SSSR count). The highest BCUT2D eigenvalue weighted by atomic mass is 19.4. The van der Waals surface area contributed by atoms with Gasteiger partial charge in [0.2, 0.25) is 5.91 Å². The number of likely N-dealkylation sites (tertiary alicyclic amines) is 1. The Morgan fingerprint density at radius 1 is 1.41 bits per heavy atom. The molecular weight excluding hydrogens is 361 g/mol. The fourth-order valence-electron chi connectivity index (χ4n) is 3.17. The number of carbonyl (C=O) groups is 1. The Hall–Kier alpha value is -2.45. The summed E-state index contributed by atoms with van der Waals surface area (Å²) in [6, 6.07) is 6.58. The van der Waals surface area contributed by atoms with Gasteiger partial charge in [0.1, 0.15) is 5.75 Å². The number of nitrogens with one attached hydrogen (secondary N) is 1. The minimum atomic E-state index is -4.39. The summed E-state index contributed by atoms with van der Waals surface area (Å²) < 4.78 is 42.1. The maximum Gasteiger partial charge on any atom is 0.422 e. The van der Waals surface area contributed by atoms with E-state index in [0.29, 0.717) is 24.5 Å². The van der Waals surface area contributed by atoms with Crippen LogP contribution in [0.2, 0.25) is 0 Å². The highest BCUT2D eigenvalue weighted by Gasteiger charge is 2.29. The summed E-state index contributed by atoms with van der Waals surface area (Å²) in [7, 11) is 1.64. The van der Waals surface area contributed by atoms with E-state index < -0.39 is 12.8 Å². The van der Waals surface area contributed by atoms with E-state index in [0.717, 1.165) is 19.4 Å². The molecule has 0 aliphatic carbocycles. The zero-order valence-corrected chi connectivity index (χ0v) is 15.3. The summed E-state index contributed by atoms with van der Waals surface area (Å²) in [6.07, 6.45) is -2.20. The van der Waals surface area contributed by atoms with E-state index in [1.165, 1.54) is 6.07 Å². The van der Waals surface area contributed by atoms with Gasteiger partial charge in [0, 0.05) is 38.7 Å².